The topological polar surface area (TPSA) is 61.9 Å². The van der Waals surface area contributed by atoms with Crippen molar-refractivity contribution in [3.05, 3.63) is 66.0 Å². The highest BCUT2D eigenvalue weighted by molar-refractivity contribution is 7.99. The molecule has 0 unspecified atom stereocenters. The molecule has 7 heteroatoms. The zero-order valence-corrected chi connectivity index (χ0v) is 18.9. The van der Waals surface area contributed by atoms with Gasteiger partial charge in [0.15, 0.2) is 16.8 Å². The highest BCUT2D eigenvalue weighted by Crippen LogP contribution is 2.26. The Morgan fingerprint density at radius 3 is 2.77 bits per heavy atom. The zero-order chi connectivity index (χ0) is 21.8. The van der Waals surface area contributed by atoms with Gasteiger partial charge in [-0.15, -0.1) is 16.8 Å². The molecule has 0 saturated carbocycles. The highest BCUT2D eigenvalue weighted by atomic mass is 32.2. The van der Waals surface area contributed by atoms with E-state index in [1.165, 1.54) is 11.8 Å². The molecular weight excluding hydrogens is 408 g/mol. The summed E-state index contributed by atoms with van der Waals surface area (Å²) in [5, 5.41) is 9.43. The fourth-order valence-corrected chi connectivity index (χ4v) is 4.89. The first-order chi connectivity index (χ1) is 15.1. The van der Waals surface area contributed by atoms with E-state index in [1.807, 2.05) is 54.0 Å². The van der Waals surface area contributed by atoms with Gasteiger partial charge in [0.25, 0.3) is 0 Å². The summed E-state index contributed by atoms with van der Waals surface area (Å²) in [5.74, 6) is 1.20. The van der Waals surface area contributed by atoms with Crippen LogP contribution in [-0.4, -0.2) is 43.6 Å². The molecule has 0 radical (unpaired) electrons. The Morgan fingerprint density at radius 2 is 2.06 bits per heavy atom. The number of carbonyl (C=O) groups is 1. The smallest absolute Gasteiger partial charge is 0.192 e. The number of benzene rings is 1. The van der Waals surface area contributed by atoms with Gasteiger partial charge in [0.1, 0.15) is 0 Å². The SMILES string of the molecule is C=CCn1c(SCC(=O)c2cc(C)n(C[C@H]3CCCO3)c2C)nnc1-c1ccccc1. The van der Waals surface area contributed by atoms with Crippen LogP contribution in [0.3, 0.4) is 0 Å². The summed E-state index contributed by atoms with van der Waals surface area (Å²) in [7, 11) is 0. The number of ketones is 1. The maximum Gasteiger partial charge on any atom is 0.192 e. The molecular formula is C24H28N4O2S. The normalized spacial score (nSPS) is 16.0. The third-order valence-electron chi connectivity index (χ3n) is 5.68. The molecule has 3 aromatic rings. The van der Waals surface area contributed by atoms with E-state index >= 15 is 0 Å². The molecule has 1 saturated heterocycles. The monoisotopic (exact) mass is 436 g/mol. The van der Waals surface area contributed by atoms with Gasteiger partial charge in [0.2, 0.25) is 0 Å². The van der Waals surface area contributed by atoms with Crippen molar-refractivity contribution in [2.75, 3.05) is 12.4 Å². The Labute approximate surface area is 187 Å². The van der Waals surface area contributed by atoms with E-state index in [9.17, 15) is 4.79 Å². The molecule has 1 aliphatic heterocycles. The predicted molar refractivity (Wildman–Crippen MR) is 124 cm³/mol. The molecule has 6 nitrogen and oxygen atoms in total. The summed E-state index contributed by atoms with van der Waals surface area (Å²) in [5.41, 5.74) is 3.88. The number of hydrogen-bond donors (Lipinski definition) is 0. The molecule has 1 atom stereocenters. The lowest BCUT2D eigenvalue weighted by molar-refractivity contribution is 0.0957. The summed E-state index contributed by atoms with van der Waals surface area (Å²) < 4.78 is 9.99. The van der Waals surface area contributed by atoms with Crippen LogP contribution in [0.5, 0.6) is 0 Å². The molecule has 31 heavy (non-hydrogen) atoms. The van der Waals surface area contributed by atoms with Crippen LogP contribution >= 0.6 is 11.8 Å². The van der Waals surface area contributed by atoms with Crippen LogP contribution in [0, 0.1) is 13.8 Å². The number of allylic oxidation sites excluding steroid dienone is 1. The van der Waals surface area contributed by atoms with Gasteiger partial charge in [-0.1, -0.05) is 48.2 Å². The van der Waals surface area contributed by atoms with Crippen LogP contribution in [0.2, 0.25) is 0 Å². The van der Waals surface area contributed by atoms with Gasteiger partial charge >= 0.3 is 0 Å². The molecule has 0 aliphatic carbocycles. The fraction of sp³-hybridized carbons (Fsp3) is 0.375. The number of aryl methyl sites for hydroxylation is 1. The third kappa shape index (κ3) is 4.67. The molecule has 1 aliphatic rings. The number of thioether (sulfide) groups is 1. The highest BCUT2D eigenvalue weighted by Gasteiger charge is 2.22. The second-order valence-electron chi connectivity index (χ2n) is 7.81. The van der Waals surface area contributed by atoms with Crippen molar-refractivity contribution < 1.29 is 9.53 Å². The van der Waals surface area contributed by atoms with E-state index in [-0.39, 0.29) is 11.9 Å². The Morgan fingerprint density at radius 1 is 1.26 bits per heavy atom. The molecule has 0 bridgehead atoms. The molecule has 0 spiro atoms. The van der Waals surface area contributed by atoms with Crippen LogP contribution in [-0.2, 0) is 17.8 Å². The van der Waals surface area contributed by atoms with Crippen LogP contribution in [0.15, 0.2) is 54.2 Å². The lowest BCUT2D eigenvalue weighted by Crippen LogP contribution is -2.17. The van der Waals surface area contributed by atoms with Crippen molar-refractivity contribution in [1.29, 1.82) is 0 Å². The first-order valence-electron chi connectivity index (χ1n) is 10.6. The van der Waals surface area contributed by atoms with E-state index in [4.69, 9.17) is 4.74 Å². The van der Waals surface area contributed by atoms with Crippen LogP contribution < -0.4 is 0 Å². The van der Waals surface area contributed by atoms with Gasteiger partial charge in [-0.05, 0) is 32.8 Å². The van der Waals surface area contributed by atoms with Crippen molar-refractivity contribution in [3.8, 4) is 11.4 Å². The van der Waals surface area contributed by atoms with Crippen molar-refractivity contribution in [2.24, 2.45) is 0 Å². The Bertz CT molecular complexity index is 1060. The molecule has 0 amide bonds. The first-order valence-corrected chi connectivity index (χ1v) is 11.6. The summed E-state index contributed by atoms with van der Waals surface area (Å²) in [6.07, 6.45) is 4.26. The number of hydrogen-bond acceptors (Lipinski definition) is 5. The van der Waals surface area contributed by atoms with E-state index in [0.717, 1.165) is 59.5 Å². The molecule has 1 aromatic carbocycles. The fourth-order valence-electron chi connectivity index (χ4n) is 4.05. The van der Waals surface area contributed by atoms with Crippen molar-refractivity contribution in [3.63, 3.8) is 0 Å². The van der Waals surface area contributed by atoms with Gasteiger partial charge in [0.05, 0.1) is 11.9 Å². The standard InChI is InChI=1S/C24H28N4O2S/c1-4-12-27-23(19-9-6-5-7-10-19)25-26-24(27)31-16-22(29)21-14-17(2)28(18(21)3)15-20-11-8-13-30-20/h4-7,9-10,14,20H,1,8,11-13,15-16H2,2-3H3/t20-/m1/s1. The number of nitrogens with zero attached hydrogens (tertiary/aromatic N) is 4. The minimum absolute atomic E-state index is 0.103. The van der Waals surface area contributed by atoms with E-state index < -0.39 is 0 Å². The summed E-state index contributed by atoms with van der Waals surface area (Å²) in [6.45, 7) is 10.2. The van der Waals surface area contributed by atoms with Gasteiger partial charge < -0.3 is 9.30 Å². The number of carbonyl (C=O) groups excluding carboxylic acids is 1. The molecule has 2 aromatic heterocycles. The average molecular weight is 437 g/mol. The lowest BCUT2D eigenvalue weighted by atomic mass is 10.2. The lowest BCUT2D eigenvalue weighted by Gasteiger charge is -2.14. The van der Waals surface area contributed by atoms with Crippen molar-refractivity contribution >= 4 is 17.5 Å². The van der Waals surface area contributed by atoms with Crippen molar-refractivity contribution in [1.82, 2.24) is 19.3 Å². The summed E-state index contributed by atoms with van der Waals surface area (Å²) in [6, 6.07) is 11.9. The quantitative estimate of drug-likeness (QED) is 0.276. The summed E-state index contributed by atoms with van der Waals surface area (Å²) in [4.78, 5) is 13.0. The molecule has 1 fully saturated rings. The largest absolute Gasteiger partial charge is 0.376 e. The Kier molecular flexibility index (Phi) is 6.73. The van der Waals surface area contributed by atoms with E-state index in [1.54, 1.807) is 0 Å². The number of aromatic nitrogens is 4. The maximum atomic E-state index is 13.0. The average Bonchev–Trinajstić information content (AvgIpc) is 3.50. The van der Waals surface area contributed by atoms with Gasteiger partial charge in [-0.2, -0.15) is 0 Å². The van der Waals surface area contributed by atoms with Gasteiger partial charge in [0, 0.05) is 42.2 Å². The second-order valence-corrected chi connectivity index (χ2v) is 8.76. The van der Waals surface area contributed by atoms with Crippen LogP contribution in [0.4, 0.5) is 0 Å². The van der Waals surface area contributed by atoms with Gasteiger partial charge in [-0.3, -0.25) is 9.36 Å². The molecule has 3 heterocycles. The number of rotatable bonds is 9. The molecule has 162 valence electrons. The van der Waals surface area contributed by atoms with E-state index in [0.29, 0.717) is 12.3 Å². The first kappa shape index (κ1) is 21.6. The minimum Gasteiger partial charge on any atom is -0.376 e. The predicted octanol–water partition coefficient (Wildman–Crippen LogP) is 4.70. The van der Waals surface area contributed by atoms with Crippen LogP contribution in [0.25, 0.3) is 11.4 Å². The minimum atomic E-state index is 0.103. The molecule has 4 rings (SSSR count). The maximum absolute atomic E-state index is 13.0. The molecule has 0 N–H and O–H groups in total. The summed E-state index contributed by atoms with van der Waals surface area (Å²) >= 11 is 1.42. The Hall–Kier alpha value is -2.64. The zero-order valence-electron chi connectivity index (χ0n) is 18.1. The third-order valence-corrected chi connectivity index (χ3v) is 6.64. The van der Waals surface area contributed by atoms with Gasteiger partial charge in [-0.25, -0.2) is 0 Å². The van der Waals surface area contributed by atoms with E-state index in [2.05, 4.69) is 28.3 Å². The second kappa shape index (κ2) is 9.66. The number of Topliss-reactive ketones (excluding diaryl/α,β-unsaturated/α-hetero) is 1. The van der Waals surface area contributed by atoms with Crippen LogP contribution in [0.1, 0.15) is 34.6 Å². The van der Waals surface area contributed by atoms with Crippen molar-refractivity contribution in [2.45, 2.75) is 51.0 Å². The number of ether oxygens (including phenoxy) is 1. The Balaban J connectivity index is 1.49.